The number of nitriles is 1. The lowest BCUT2D eigenvalue weighted by atomic mass is 9.90. The first-order valence-corrected chi connectivity index (χ1v) is 4.25. The van der Waals surface area contributed by atoms with Crippen LogP contribution >= 0.6 is 0 Å². The molecule has 0 saturated carbocycles. The Labute approximate surface area is 68.8 Å². The minimum atomic E-state index is -0.449. The number of nitrogens with zero attached hydrogens (tertiary/aromatic N) is 1. The Morgan fingerprint density at radius 2 is 1.91 bits per heavy atom. The number of hydrogen-bond donors (Lipinski definition) is 1. The molecule has 0 bridgehead atoms. The molecule has 1 N–H and O–H groups in total. The smallest absolute Gasteiger partial charge is 0.0723 e. The van der Waals surface area contributed by atoms with Crippen LogP contribution in [0.15, 0.2) is 0 Å². The lowest BCUT2D eigenvalue weighted by Crippen LogP contribution is -2.25. The molecule has 0 heterocycles. The van der Waals surface area contributed by atoms with Crippen LogP contribution < -0.4 is 0 Å². The van der Waals surface area contributed by atoms with Crippen molar-refractivity contribution in [1.29, 1.82) is 5.26 Å². The van der Waals surface area contributed by atoms with Gasteiger partial charge in [-0.3, -0.25) is 0 Å². The monoisotopic (exact) mass is 155 g/mol. The van der Waals surface area contributed by atoms with Crippen LogP contribution in [0.25, 0.3) is 0 Å². The summed E-state index contributed by atoms with van der Waals surface area (Å²) in [7, 11) is 0. The van der Waals surface area contributed by atoms with Crippen LogP contribution in [0.3, 0.4) is 0 Å². The molecule has 0 fully saturated rings. The van der Waals surface area contributed by atoms with Gasteiger partial charge in [-0.25, -0.2) is 0 Å². The van der Waals surface area contributed by atoms with E-state index in [4.69, 9.17) is 5.26 Å². The molecular weight excluding hydrogens is 138 g/mol. The van der Waals surface area contributed by atoms with Gasteiger partial charge in [0.1, 0.15) is 0 Å². The van der Waals surface area contributed by atoms with Gasteiger partial charge >= 0.3 is 0 Å². The molecule has 11 heavy (non-hydrogen) atoms. The van der Waals surface area contributed by atoms with Crippen molar-refractivity contribution in [2.24, 2.45) is 11.8 Å². The van der Waals surface area contributed by atoms with Gasteiger partial charge in [-0.15, -0.1) is 0 Å². The van der Waals surface area contributed by atoms with Gasteiger partial charge < -0.3 is 5.11 Å². The number of rotatable bonds is 4. The molecule has 0 aliphatic rings. The fourth-order valence-corrected chi connectivity index (χ4v) is 1.05. The Hall–Kier alpha value is -0.550. The molecule has 2 heteroatoms. The van der Waals surface area contributed by atoms with Gasteiger partial charge in [-0.1, -0.05) is 27.2 Å². The van der Waals surface area contributed by atoms with Crippen LogP contribution in [0, 0.1) is 23.2 Å². The molecule has 0 saturated heterocycles. The average molecular weight is 155 g/mol. The first-order chi connectivity index (χ1) is 5.17. The molecule has 0 rings (SSSR count). The Morgan fingerprint density at radius 3 is 2.18 bits per heavy atom. The van der Waals surface area contributed by atoms with Gasteiger partial charge in [0, 0.05) is 0 Å². The predicted octanol–water partition coefficient (Wildman–Crippen LogP) is 1.94. The van der Waals surface area contributed by atoms with Crippen LogP contribution in [-0.4, -0.2) is 11.2 Å². The Kier molecular flexibility index (Phi) is 4.89. The minimum absolute atomic E-state index is 0.190. The van der Waals surface area contributed by atoms with E-state index < -0.39 is 6.10 Å². The molecule has 64 valence electrons. The molecule has 0 aliphatic heterocycles. The molecule has 3 atom stereocenters. The summed E-state index contributed by atoms with van der Waals surface area (Å²) in [5, 5.41) is 18.2. The highest BCUT2D eigenvalue weighted by atomic mass is 16.3. The SMILES string of the molecule is CCC(C)C(O)C(C#N)CC. The largest absolute Gasteiger partial charge is 0.391 e. The number of aliphatic hydroxyl groups excluding tert-OH is 1. The molecule has 0 aromatic rings. The molecule has 0 aromatic heterocycles. The van der Waals surface area contributed by atoms with E-state index >= 15 is 0 Å². The highest BCUT2D eigenvalue weighted by Gasteiger charge is 2.21. The molecular formula is C9H17NO. The second-order valence-electron chi connectivity index (χ2n) is 3.02. The van der Waals surface area contributed by atoms with Crippen LogP contribution in [0.1, 0.15) is 33.6 Å². The van der Waals surface area contributed by atoms with Gasteiger partial charge in [0.2, 0.25) is 0 Å². The third kappa shape index (κ3) is 2.90. The van der Waals surface area contributed by atoms with Crippen molar-refractivity contribution in [2.75, 3.05) is 0 Å². The van der Waals surface area contributed by atoms with Crippen molar-refractivity contribution >= 4 is 0 Å². The Balaban J connectivity index is 3.99. The van der Waals surface area contributed by atoms with E-state index in [2.05, 4.69) is 6.07 Å². The van der Waals surface area contributed by atoms with Crippen molar-refractivity contribution in [2.45, 2.75) is 39.7 Å². The Bertz CT molecular complexity index is 139. The zero-order chi connectivity index (χ0) is 8.85. The van der Waals surface area contributed by atoms with E-state index in [1.807, 2.05) is 20.8 Å². The van der Waals surface area contributed by atoms with Gasteiger partial charge in [-0.2, -0.15) is 5.26 Å². The van der Waals surface area contributed by atoms with E-state index in [0.717, 1.165) is 12.8 Å². The molecule has 0 aromatic carbocycles. The third-order valence-corrected chi connectivity index (χ3v) is 2.24. The predicted molar refractivity (Wildman–Crippen MR) is 44.9 cm³/mol. The third-order valence-electron chi connectivity index (χ3n) is 2.24. The molecule has 2 nitrogen and oxygen atoms in total. The fourth-order valence-electron chi connectivity index (χ4n) is 1.05. The summed E-state index contributed by atoms with van der Waals surface area (Å²) >= 11 is 0. The molecule has 0 amide bonds. The molecule has 0 spiro atoms. The normalized spacial score (nSPS) is 18.5. The highest BCUT2D eigenvalue weighted by molar-refractivity contribution is 4.88. The summed E-state index contributed by atoms with van der Waals surface area (Å²) in [5.41, 5.74) is 0. The first kappa shape index (κ1) is 10.4. The summed E-state index contributed by atoms with van der Waals surface area (Å²) in [6, 6.07) is 2.12. The topological polar surface area (TPSA) is 44.0 Å². The van der Waals surface area contributed by atoms with E-state index in [0.29, 0.717) is 0 Å². The summed E-state index contributed by atoms with van der Waals surface area (Å²) in [6.45, 7) is 5.93. The molecule has 3 unspecified atom stereocenters. The zero-order valence-corrected chi connectivity index (χ0v) is 7.54. The van der Waals surface area contributed by atoms with Crippen molar-refractivity contribution < 1.29 is 5.11 Å². The molecule has 0 radical (unpaired) electrons. The Morgan fingerprint density at radius 1 is 1.36 bits per heavy atom. The maximum Gasteiger partial charge on any atom is 0.0723 e. The quantitative estimate of drug-likeness (QED) is 0.674. The van der Waals surface area contributed by atoms with E-state index in [-0.39, 0.29) is 11.8 Å². The van der Waals surface area contributed by atoms with Crippen LogP contribution in [0.5, 0.6) is 0 Å². The van der Waals surface area contributed by atoms with Gasteiger partial charge in [-0.05, 0) is 12.3 Å². The van der Waals surface area contributed by atoms with E-state index in [9.17, 15) is 5.11 Å². The number of hydrogen-bond acceptors (Lipinski definition) is 2. The maximum atomic E-state index is 9.55. The fraction of sp³-hybridized carbons (Fsp3) is 0.889. The van der Waals surface area contributed by atoms with E-state index in [1.165, 1.54) is 0 Å². The lowest BCUT2D eigenvalue weighted by Gasteiger charge is -2.20. The summed E-state index contributed by atoms with van der Waals surface area (Å²) < 4.78 is 0. The van der Waals surface area contributed by atoms with Crippen LogP contribution in [-0.2, 0) is 0 Å². The lowest BCUT2D eigenvalue weighted by molar-refractivity contribution is 0.0759. The second-order valence-corrected chi connectivity index (χ2v) is 3.02. The summed E-state index contributed by atoms with van der Waals surface area (Å²) in [5.74, 6) is 0.0459. The summed E-state index contributed by atoms with van der Waals surface area (Å²) in [6.07, 6.45) is 1.22. The average Bonchev–Trinajstić information content (AvgIpc) is 2.05. The van der Waals surface area contributed by atoms with Gasteiger partial charge in [0.05, 0.1) is 18.1 Å². The highest BCUT2D eigenvalue weighted by Crippen LogP contribution is 2.17. The standard InChI is InChI=1S/C9H17NO/c1-4-7(3)9(11)8(5-2)6-10/h7-9,11H,4-5H2,1-3H3. The minimum Gasteiger partial charge on any atom is -0.391 e. The zero-order valence-electron chi connectivity index (χ0n) is 7.54. The first-order valence-electron chi connectivity index (χ1n) is 4.25. The van der Waals surface area contributed by atoms with E-state index in [1.54, 1.807) is 0 Å². The second kappa shape index (κ2) is 5.15. The summed E-state index contributed by atoms with van der Waals surface area (Å²) in [4.78, 5) is 0. The van der Waals surface area contributed by atoms with Crippen LogP contribution in [0.2, 0.25) is 0 Å². The van der Waals surface area contributed by atoms with Crippen molar-refractivity contribution in [1.82, 2.24) is 0 Å². The molecule has 0 aliphatic carbocycles. The number of aliphatic hydroxyl groups is 1. The van der Waals surface area contributed by atoms with Crippen molar-refractivity contribution in [3.63, 3.8) is 0 Å². The van der Waals surface area contributed by atoms with Gasteiger partial charge in [0.25, 0.3) is 0 Å². The van der Waals surface area contributed by atoms with Crippen molar-refractivity contribution in [3.8, 4) is 6.07 Å². The van der Waals surface area contributed by atoms with Crippen LogP contribution in [0.4, 0.5) is 0 Å². The van der Waals surface area contributed by atoms with Crippen molar-refractivity contribution in [3.05, 3.63) is 0 Å². The van der Waals surface area contributed by atoms with Gasteiger partial charge in [0.15, 0.2) is 0 Å². The maximum absolute atomic E-state index is 9.55.